The summed E-state index contributed by atoms with van der Waals surface area (Å²) in [6.45, 7) is 2.52. The molecule has 3 rings (SSSR count). The summed E-state index contributed by atoms with van der Waals surface area (Å²) in [5, 5.41) is 13.0. The number of nitrogens with one attached hydrogen (secondary N) is 1. The Bertz CT molecular complexity index is 834. The number of nitriles is 1. The molecule has 3 heterocycles. The lowest BCUT2D eigenvalue weighted by Gasteiger charge is -2.22. The fourth-order valence-electron chi connectivity index (χ4n) is 2.44. The lowest BCUT2D eigenvalue weighted by Crippen LogP contribution is -2.33. The SMILES string of the molecule is Cc1nc2n(n1)CCC[C@H]2NS(=O)(=O)c1ccc(C#N)nc1. The Kier molecular flexibility index (Phi) is 3.64. The molecular weight excluding hydrogens is 304 g/mol. The molecule has 1 aliphatic heterocycles. The summed E-state index contributed by atoms with van der Waals surface area (Å²) in [6, 6.07) is 4.19. The Labute approximate surface area is 127 Å². The first-order valence-electron chi connectivity index (χ1n) is 6.79. The zero-order valence-corrected chi connectivity index (χ0v) is 12.7. The molecule has 0 amide bonds. The second kappa shape index (κ2) is 5.47. The molecule has 0 spiro atoms. The minimum Gasteiger partial charge on any atom is -0.248 e. The van der Waals surface area contributed by atoms with Crippen molar-refractivity contribution < 1.29 is 8.42 Å². The first-order valence-corrected chi connectivity index (χ1v) is 8.28. The van der Waals surface area contributed by atoms with E-state index in [0.29, 0.717) is 18.1 Å². The molecule has 2 aromatic heterocycles. The standard InChI is InChI=1S/C13H14N6O2S/c1-9-16-13-12(3-2-6-19(13)17-9)18-22(20,21)11-5-4-10(7-14)15-8-11/h4-5,8,12,18H,2-3,6H2,1H3/t12-/m1/s1. The quantitative estimate of drug-likeness (QED) is 0.889. The number of nitrogens with zero attached hydrogens (tertiary/aromatic N) is 5. The summed E-state index contributed by atoms with van der Waals surface area (Å²) in [5.41, 5.74) is 0.173. The van der Waals surface area contributed by atoms with Crippen molar-refractivity contribution in [1.82, 2.24) is 24.5 Å². The third-order valence-electron chi connectivity index (χ3n) is 3.44. The Hall–Kier alpha value is -2.31. The maximum absolute atomic E-state index is 12.4. The summed E-state index contributed by atoms with van der Waals surface area (Å²) in [7, 11) is -3.72. The number of rotatable bonds is 3. The zero-order valence-electron chi connectivity index (χ0n) is 11.9. The molecule has 0 saturated heterocycles. The lowest BCUT2D eigenvalue weighted by molar-refractivity contribution is 0.399. The maximum atomic E-state index is 12.4. The van der Waals surface area contributed by atoms with Gasteiger partial charge in [0.1, 0.15) is 28.3 Å². The van der Waals surface area contributed by atoms with E-state index in [-0.39, 0.29) is 10.6 Å². The molecule has 114 valence electrons. The van der Waals surface area contributed by atoms with Gasteiger partial charge in [-0.2, -0.15) is 10.4 Å². The Morgan fingerprint density at radius 1 is 1.45 bits per heavy atom. The second-order valence-electron chi connectivity index (χ2n) is 5.05. The van der Waals surface area contributed by atoms with Gasteiger partial charge in [-0.1, -0.05) is 0 Å². The largest absolute Gasteiger partial charge is 0.248 e. The molecule has 1 N–H and O–H groups in total. The predicted molar refractivity (Wildman–Crippen MR) is 76.0 cm³/mol. The van der Waals surface area contributed by atoms with Crippen molar-refractivity contribution in [3.05, 3.63) is 35.7 Å². The van der Waals surface area contributed by atoms with Crippen LogP contribution in [0.15, 0.2) is 23.2 Å². The average molecular weight is 318 g/mol. The fourth-order valence-corrected chi connectivity index (χ4v) is 3.61. The zero-order chi connectivity index (χ0) is 15.7. The number of aryl methyl sites for hydroxylation is 2. The van der Waals surface area contributed by atoms with Gasteiger partial charge in [0.2, 0.25) is 10.0 Å². The van der Waals surface area contributed by atoms with Crippen molar-refractivity contribution in [3.63, 3.8) is 0 Å². The van der Waals surface area contributed by atoms with E-state index < -0.39 is 16.1 Å². The molecule has 0 radical (unpaired) electrons. The Balaban J connectivity index is 1.87. The van der Waals surface area contributed by atoms with Crippen molar-refractivity contribution in [3.8, 4) is 6.07 Å². The van der Waals surface area contributed by atoms with E-state index in [2.05, 4.69) is 19.8 Å². The van der Waals surface area contributed by atoms with Crippen LogP contribution in [0.1, 0.15) is 36.2 Å². The number of hydrogen-bond donors (Lipinski definition) is 1. The monoisotopic (exact) mass is 318 g/mol. The van der Waals surface area contributed by atoms with Gasteiger partial charge < -0.3 is 0 Å². The van der Waals surface area contributed by atoms with Crippen molar-refractivity contribution in [2.24, 2.45) is 0 Å². The van der Waals surface area contributed by atoms with E-state index in [4.69, 9.17) is 5.26 Å². The normalized spacial score (nSPS) is 17.7. The van der Waals surface area contributed by atoms with E-state index in [1.165, 1.54) is 18.3 Å². The van der Waals surface area contributed by atoms with E-state index in [1.54, 1.807) is 11.6 Å². The van der Waals surface area contributed by atoms with Crippen molar-refractivity contribution >= 4 is 10.0 Å². The van der Waals surface area contributed by atoms with Crippen LogP contribution in [0.4, 0.5) is 0 Å². The number of hydrogen-bond acceptors (Lipinski definition) is 6. The van der Waals surface area contributed by atoms with E-state index in [1.807, 2.05) is 6.07 Å². The van der Waals surface area contributed by atoms with Crippen molar-refractivity contribution in [2.45, 2.75) is 37.2 Å². The maximum Gasteiger partial charge on any atom is 0.242 e. The van der Waals surface area contributed by atoms with Gasteiger partial charge in [0.25, 0.3) is 0 Å². The molecule has 8 nitrogen and oxygen atoms in total. The van der Waals surface area contributed by atoms with Crippen LogP contribution in [0.25, 0.3) is 0 Å². The molecule has 0 bridgehead atoms. The third kappa shape index (κ3) is 2.70. The molecule has 1 aliphatic rings. The highest BCUT2D eigenvalue weighted by Crippen LogP contribution is 2.25. The predicted octanol–water partition coefficient (Wildman–Crippen LogP) is 0.667. The molecule has 0 aliphatic carbocycles. The van der Waals surface area contributed by atoms with Crippen LogP contribution in [0.2, 0.25) is 0 Å². The summed E-state index contributed by atoms with van der Waals surface area (Å²) in [4.78, 5) is 8.12. The highest BCUT2D eigenvalue weighted by molar-refractivity contribution is 7.89. The molecule has 9 heteroatoms. The van der Waals surface area contributed by atoms with Crippen molar-refractivity contribution in [2.75, 3.05) is 0 Å². The second-order valence-corrected chi connectivity index (χ2v) is 6.76. The van der Waals surface area contributed by atoms with E-state index in [9.17, 15) is 8.42 Å². The fraction of sp³-hybridized carbons (Fsp3) is 0.385. The molecule has 2 aromatic rings. The molecule has 0 aromatic carbocycles. The minimum absolute atomic E-state index is 0.0276. The van der Waals surface area contributed by atoms with Crippen LogP contribution in [-0.2, 0) is 16.6 Å². The topological polar surface area (TPSA) is 114 Å². The van der Waals surface area contributed by atoms with Crippen LogP contribution in [0.5, 0.6) is 0 Å². The van der Waals surface area contributed by atoms with E-state index in [0.717, 1.165) is 13.0 Å². The lowest BCUT2D eigenvalue weighted by atomic mass is 10.1. The first-order chi connectivity index (χ1) is 10.5. The van der Waals surface area contributed by atoms with Gasteiger partial charge >= 0.3 is 0 Å². The van der Waals surface area contributed by atoms with Crippen LogP contribution >= 0.6 is 0 Å². The number of aromatic nitrogens is 4. The van der Waals surface area contributed by atoms with E-state index >= 15 is 0 Å². The number of sulfonamides is 1. The van der Waals surface area contributed by atoms with Gasteiger partial charge in [0.15, 0.2) is 0 Å². The molecule has 0 saturated carbocycles. The molecule has 1 atom stereocenters. The Morgan fingerprint density at radius 2 is 2.27 bits per heavy atom. The number of pyridine rings is 1. The van der Waals surface area contributed by atoms with Crippen LogP contribution in [0.3, 0.4) is 0 Å². The molecule has 0 unspecified atom stereocenters. The Morgan fingerprint density at radius 3 is 2.95 bits per heavy atom. The summed E-state index contributed by atoms with van der Waals surface area (Å²) < 4.78 is 29.2. The summed E-state index contributed by atoms with van der Waals surface area (Å²) >= 11 is 0. The highest BCUT2D eigenvalue weighted by atomic mass is 32.2. The highest BCUT2D eigenvalue weighted by Gasteiger charge is 2.28. The van der Waals surface area contributed by atoms with Gasteiger partial charge in [0, 0.05) is 12.7 Å². The van der Waals surface area contributed by atoms with Gasteiger partial charge in [-0.3, -0.25) is 0 Å². The smallest absolute Gasteiger partial charge is 0.242 e. The van der Waals surface area contributed by atoms with Gasteiger partial charge in [0.05, 0.1) is 6.04 Å². The third-order valence-corrected chi connectivity index (χ3v) is 4.90. The molecule has 0 fully saturated rings. The average Bonchev–Trinajstić information content (AvgIpc) is 2.88. The van der Waals surface area contributed by atoms with Gasteiger partial charge in [-0.05, 0) is 31.9 Å². The number of fused-ring (bicyclic) bond motifs is 1. The van der Waals surface area contributed by atoms with Crippen LogP contribution < -0.4 is 4.72 Å². The van der Waals surface area contributed by atoms with Crippen LogP contribution in [-0.4, -0.2) is 28.2 Å². The summed E-state index contributed by atoms with van der Waals surface area (Å²) in [5.74, 6) is 1.26. The summed E-state index contributed by atoms with van der Waals surface area (Å²) in [6.07, 6.45) is 2.68. The minimum atomic E-state index is -3.72. The van der Waals surface area contributed by atoms with Gasteiger partial charge in [-0.25, -0.2) is 27.8 Å². The van der Waals surface area contributed by atoms with Gasteiger partial charge in [-0.15, -0.1) is 0 Å². The first kappa shape index (κ1) is 14.6. The molecular formula is C13H14N6O2S. The van der Waals surface area contributed by atoms with Crippen molar-refractivity contribution in [1.29, 1.82) is 5.26 Å². The molecule has 22 heavy (non-hydrogen) atoms. The van der Waals surface area contributed by atoms with Crippen LogP contribution in [0, 0.1) is 18.3 Å².